The first-order chi connectivity index (χ1) is 15.0. The molecule has 4 rings (SSSR count). The fourth-order valence-corrected chi connectivity index (χ4v) is 3.80. The van der Waals surface area contributed by atoms with E-state index in [-0.39, 0.29) is 13.2 Å². The molecule has 4 aromatic rings. The number of nitrogens with zero attached hydrogens (tertiary/aromatic N) is 1. The largest absolute Gasteiger partial charge is 0.488 e. The predicted octanol–water partition coefficient (Wildman–Crippen LogP) is 7.10. The van der Waals surface area contributed by atoms with Crippen LogP contribution < -0.4 is 4.74 Å². The van der Waals surface area contributed by atoms with Gasteiger partial charge in [-0.25, -0.2) is 9.78 Å². The number of hydrogen-bond donors (Lipinski definition) is 0. The Labute approximate surface area is 194 Å². The van der Waals surface area contributed by atoms with E-state index in [4.69, 9.17) is 44.3 Å². The molecule has 0 bridgehead atoms. The molecule has 0 fully saturated rings. The van der Waals surface area contributed by atoms with Crippen LogP contribution in [-0.2, 0) is 4.74 Å². The third kappa shape index (κ3) is 4.93. The van der Waals surface area contributed by atoms with E-state index in [9.17, 15) is 4.79 Å². The van der Waals surface area contributed by atoms with E-state index in [0.717, 1.165) is 5.56 Å². The molecule has 3 aromatic carbocycles. The molecule has 4 nitrogen and oxygen atoms in total. The SMILES string of the molecule is O=C(OCCOc1ccc(Cl)cc1Cl)c1cc(-c2ccccc2Cl)nc2ccccc12. The number of hydrogen-bond acceptors (Lipinski definition) is 4. The molecule has 0 saturated carbocycles. The summed E-state index contributed by atoms with van der Waals surface area (Å²) in [4.78, 5) is 17.5. The zero-order chi connectivity index (χ0) is 21.8. The molecule has 0 spiro atoms. The minimum atomic E-state index is -0.474. The van der Waals surface area contributed by atoms with Gasteiger partial charge >= 0.3 is 5.97 Å². The summed E-state index contributed by atoms with van der Waals surface area (Å²) >= 11 is 18.3. The van der Waals surface area contributed by atoms with E-state index in [0.29, 0.717) is 43.0 Å². The van der Waals surface area contributed by atoms with Crippen LogP contribution in [0.2, 0.25) is 15.1 Å². The third-order valence-electron chi connectivity index (χ3n) is 4.55. The Morgan fingerprint density at radius 3 is 2.42 bits per heavy atom. The summed E-state index contributed by atoms with van der Waals surface area (Å²) in [5.41, 5.74) is 2.42. The first kappa shape index (κ1) is 21.4. The molecule has 0 radical (unpaired) electrons. The van der Waals surface area contributed by atoms with Crippen LogP contribution in [0.15, 0.2) is 72.8 Å². The lowest BCUT2D eigenvalue weighted by atomic mass is 10.0. The van der Waals surface area contributed by atoms with Gasteiger partial charge in [-0.05, 0) is 36.4 Å². The van der Waals surface area contributed by atoms with Gasteiger partial charge in [0.2, 0.25) is 0 Å². The van der Waals surface area contributed by atoms with Crippen molar-refractivity contribution >= 4 is 51.7 Å². The van der Waals surface area contributed by atoms with Gasteiger partial charge in [0.05, 0.1) is 21.8 Å². The molecule has 7 heteroatoms. The molecule has 0 aliphatic heterocycles. The lowest BCUT2D eigenvalue weighted by molar-refractivity contribution is 0.0453. The number of para-hydroxylation sites is 1. The standard InChI is InChI=1S/C24H16Cl3NO3/c25-15-9-10-23(20(27)13-15)30-11-12-31-24(29)18-14-22(17-6-1-3-7-19(17)26)28-21-8-4-2-5-16(18)21/h1-10,13-14H,11-12H2. The van der Waals surface area contributed by atoms with E-state index in [2.05, 4.69) is 4.98 Å². The maximum absolute atomic E-state index is 12.9. The molecule has 0 atom stereocenters. The predicted molar refractivity (Wildman–Crippen MR) is 124 cm³/mol. The van der Waals surface area contributed by atoms with Crippen LogP contribution in [0.25, 0.3) is 22.2 Å². The van der Waals surface area contributed by atoms with Gasteiger partial charge in [-0.3, -0.25) is 0 Å². The van der Waals surface area contributed by atoms with Gasteiger partial charge in [-0.2, -0.15) is 0 Å². The first-order valence-electron chi connectivity index (χ1n) is 9.42. The second-order valence-corrected chi connectivity index (χ2v) is 7.86. The molecule has 1 aromatic heterocycles. The summed E-state index contributed by atoms with van der Waals surface area (Å²) < 4.78 is 11.0. The van der Waals surface area contributed by atoms with Crippen molar-refractivity contribution in [3.63, 3.8) is 0 Å². The highest BCUT2D eigenvalue weighted by molar-refractivity contribution is 6.35. The van der Waals surface area contributed by atoms with E-state index < -0.39 is 5.97 Å². The van der Waals surface area contributed by atoms with E-state index >= 15 is 0 Å². The zero-order valence-electron chi connectivity index (χ0n) is 16.1. The molecule has 0 aliphatic carbocycles. The van der Waals surface area contributed by atoms with Crippen LogP contribution in [0.4, 0.5) is 0 Å². The molecule has 0 unspecified atom stereocenters. The van der Waals surface area contributed by atoms with Gasteiger partial charge in [0.1, 0.15) is 19.0 Å². The number of pyridine rings is 1. The average Bonchev–Trinajstić information content (AvgIpc) is 2.77. The number of fused-ring (bicyclic) bond motifs is 1. The molecule has 1 heterocycles. The van der Waals surface area contributed by atoms with Gasteiger partial charge in [-0.15, -0.1) is 0 Å². The van der Waals surface area contributed by atoms with Crippen molar-refractivity contribution < 1.29 is 14.3 Å². The van der Waals surface area contributed by atoms with E-state index in [1.165, 1.54) is 0 Å². The zero-order valence-corrected chi connectivity index (χ0v) is 18.4. The van der Waals surface area contributed by atoms with Crippen LogP contribution in [-0.4, -0.2) is 24.2 Å². The fourth-order valence-electron chi connectivity index (χ4n) is 3.11. The van der Waals surface area contributed by atoms with Crippen molar-refractivity contribution in [3.8, 4) is 17.0 Å². The van der Waals surface area contributed by atoms with Crippen LogP contribution in [0, 0.1) is 0 Å². The smallest absolute Gasteiger partial charge is 0.339 e. The molecular weight excluding hydrogens is 457 g/mol. The molecule has 156 valence electrons. The summed E-state index contributed by atoms with van der Waals surface area (Å²) in [5.74, 6) is -0.00445. The minimum Gasteiger partial charge on any atom is -0.488 e. The number of esters is 1. The average molecular weight is 473 g/mol. The lowest BCUT2D eigenvalue weighted by Gasteiger charge is -2.12. The second kappa shape index (κ2) is 9.56. The van der Waals surface area contributed by atoms with Crippen molar-refractivity contribution in [1.82, 2.24) is 4.98 Å². The Bertz CT molecular complexity index is 1260. The Morgan fingerprint density at radius 2 is 1.61 bits per heavy atom. The number of benzene rings is 3. The van der Waals surface area contributed by atoms with Crippen molar-refractivity contribution in [1.29, 1.82) is 0 Å². The Morgan fingerprint density at radius 1 is 0.839 bits per heavy atom. The lowest BCUT2D eigenvalue weighted by Crippen LogP contribution is -2.13. The van der Waals surface area contributed by atoms with E-state index in [1.54, 1.807) is 30.3 Å². The molecule has 0 amide bonds. The highest BCUT2D eigenvalue weighted by atomic mass is 35.5. The van der Waals surface area contributed by atoms with Gasteiger partial charge < -0.3 is 9.47 Å². The third-order valence-corrected chi connectivity index (χ3v) is 5.41. The van der Waals surface area contributed by atoms with Gasteiger partial charge in [0.15, 0.2) is 0 Å². The normalized spacial score (nSPS) is 10.8. The number of rotatable bonds is 6. The van der Waals surface area contributed by atoms with E-state index in [1.807, 2.05) is 42.5 Å². The van der Waals surface area contributed by atoms with Gasteiger partial charge in [0.25, 0.3) is 0 Å². The Hall–Kier alpha value is -2.79. The summed E-state index contributed by atoms with van der Waals surface area (Å²) in [5, 5.41) is 2.16. The molecule has 0 N–H and O–H groups in total. The Kier molecular flexibility index (Phi) is 6.62. The van der Waals surface area contributed by atoms with Gasteiger partial charge in [-0.1, -0.05) is 71.2 Å². The molecule has 0 aliphatic rings. The quantitative estimate of drug-likeness (QED) is 0.222. The summed E-state index contributed by atoms with van der Waals surface area (Å²) in [7, 11) is 0. The number of carbonyl (C=O) groups is 1. The minimum absolute atomic E-state index is 0.0515. The van der Waals surface area contributed by atoms with Crippen molar-refractivity contribution in [3.05, 3.63) is 93.4 Å². The molecule has 31 heavy (non-hydrogen) atoms. The number of aromatic nitrogens is 1. The highest BCUT2D eigenvalue weighted by Crippen LogP contribution is 2.30. The number of halogens is 3. The highest BCUT2D eigenvalue weighted by Gasteiger charge is 2.16. The van der Waals surface area contributed by atoms with Crippen LogP contribution in [0.5, 0.6) is 5.75 Å². The van der Waals surface area contributed by atoms with Crippen LogP contribution in [0.3, 0.4) is 0 Å². The maximum Gasteiger partial charge on any atom is 0.339 e. The summed E-state index contributed by atoms with van der Waals surface area (Å²) in [6.45, 7) is 0.198. The topological polar surface area (TPSA) is 48.4 Å². The number of carbonyl (C=O) groups excluding carboxylic acids is 1. The monoisotopic (exact) mass is 471 g/mol. The maximum atomic E-state index is 12.9. The van der Waals surface area contributed by atoms with Crippen LogP contribution >= 0.6 is 34.8 Å². The number of ether oxygens (including phenoxy) is 2. The van der Waals surface area contributed by atoms with Crippen molar-refractivity contribution in [2.24, 2.45) is 0 Å². The Balaban J connectivity index is 1.54. The van der Waals surface area contributed by atoms with Crippen LogP contribution in [0.1, 0.15) is 10.4 Å². The molecule has 0 saturated heterocycles. The second-order valence-electron chi connectivity index (χ2n) is 6.61. The summed E-state index contributed by atoms with van der Waals surface area (Å²) in [6.07, 6.45) is 0. The summed E-state index contributed by atoms with van der Waals surface area (Å²) in [6, 6.07) is 21.4. The first-order valence-corrected chi connectivity index (χ1v) is 10.6. The van der Waals surface area contributed by atoms with Gasteiger partial charge in [0, 0.05) is 21.0 Å². The fraction of sp³-hybridized carbons (Fsp3) is 0.0833. The van der Waals surface area contributed by atoms with Crippen molar-refractivity contribution in [2.45, 2.75) is 0 Å². The molecular formula is C24H16Cl3NO3. The van der Waals surface area contributed by atoms with Crippen molar-refractivity contribution in [2.75, 3.05) is 13.2 Å².